The van der Waals surface area contributed by atoms with E-state index in [1.54, 1.807) is 24.1 Å². The molecule has 5 nitrogen and oxygen atoms in total. The molecule has 1 heterocycles. The third kappa shape index (κ3) is 4.24. The van der Waals surface area contributed by atoms with Crippen molar-refractivity contribution in [3.8, 4) is 5.75 Å². The van der Waals surface area contributed by atoms with Crippen LogP contribution in [0.3, 0.4) is 0 Å². The lowest BCUT2D eigenvalue weighted by atomic mass is 9.94. The number of likely N-dealkylation sites (tertiary alicyclic amines) is 1. The van der Waals surface area contributed by atoms with E-state index in [1.807, 2.05) is 33.8 Å². The highest BCUT2D eigenvalue weighted by Gasteiger charge is 2.34. The molecule has 5 heteroatoms. The Morgan fingerprint density at radius 2 is 1.96 bits per heavy atom. The first kappa shape index (κ1) is 17.3. The second-order valence-corrected chi connectivity index (χ2v) is 6.96. The van der Waals surface area contributed by atoms with Crippen LogP contribution >= 0.6 is 0 Å². The van der Waals surface area contributed by atoms with Crippen molar-refractivity contribution in [2.45, 2.75) is 39.7 Å². The Bertz CT molecular complexity index is 604. The Labute approximate surface area is 137 Å². The van der Waals surface area contributed by atoms with Gasteiger partial charge in [0.05, 0.1) is 7.11 Å². The van der Waals surface area contributed by atoms with Gasteiger partial charge in [-0.3, -0.25) is 4.79 Å². The summed E-state index contributed by atoms with van der Waals surface area (Å²) in [5.74, 6) is 0.645. The number of ether oxygens (including phenoxy) is 2. The summed E-state index contributed by atoms with van der Waals surface area (Å²) in [5, 5.41) is 0. The topological polar surface area (TPSA) is 55.8 Å². The summed E-state index contributed by atoms with van der Waals surface area (Å²) in [7, 11) is 1.60. The Morgan fingerprint density at radius 3 is 2.52 bits per heavy atom. The minimum atomic E-state index is -0.522. The number of nitrogens with zero attached hydrogens (tertiary/aromatic N) is 1. The predicted molar refractivity (Wildman–Crippen MR) is 88.0 cm³/mol. The fourth-order valence-electron chi connectivity index (χ4n) is 2.73. The maximum atomic E-state index is 12.7. The number of carbonyl (C=O) groups is 2. The molecule has 0 unspecified atom stereocenters. The molecule has 23 heavy (non-hydrogen) atoms. The molecule has 2 rings (SSSR count). The molecule has 1 atom stereocenters. The van der Waals surface area contributed by atoms with Crippen LogP contribution in [0, 0.1) is 12.8 Å². The molecule has 1 aromatic rings. The van der Waals surface area contributed by atoms with Crippen LogP contribution in [-0.2, 0) is 4.74 Å². The number of rotatable bonds is 3. The molecule has 1 fully saturated rings. The number of aryl methyl sites for hydroxylation is 1. The molecule has 0 spiro atoms. The van der Waals surface area contributed by atoms with Gasteiger partial charge >= 0.3 is 6.09 Å². The molecule has 0 bridgehead atoms. The van der Waals surface area contributed by atoms with Gasteiger partial charge in [0.25, 0.3) is 0 Å². The zero-order chi connectivity index (χ0) is 17.2. The lowest BCUT2D eigenvalue weighted by Gasteiger charge is -2.24. The van der Waals surface area contributed by atoms with Crippen LogP contribution < -0.4 is 4.74 Å². The van der Waals surface area contributed by atoms with E-state index in [9.17, 15) is 9.59 Å². The Morgan fingerprint density at radius 1 is 1.26 bits per heavy atom. The van der Waals surface area contributed by atoms with E-state index in [4.69, 9.17) is 9.47 Å². The zero-order valence-corrected chi connectivity index (χ0v) is 14.5. The maximum absolute atomic E-state index is 12.7. The van der Waals surface area contributed by atoms with Crippen LogP contribution in [-0.4, -0.2) is 42.6 Å². The Balaban J connectivity index is 2.04. The van der Waals surface area contributed by atoms with E-state index in [1.165, 1.54) is 0 Å². The van der Waals surface area contributed by atoms with Crippen molar-refractivity contribution in [1.82, 2.24) is 4.90 Å². The second kappa shape index (κ2) is 6.60. The summed E-state index contributed by atoms with van der Waals surface area (Å²) < 4.78 is 10.5. The first-order valence-electron chi connectivity index (χ1n) is 7.88. The summed E-state index contributed by atoms with van der Waals surface area (Å²) >= 11 is 0. The Hall–Kier alpha value is -2.04. The highest BCUT2D eigenvalue weighted by atomic mass is 16.6. The highest BCUT2D eigenvalue weighted by molar-refractivity contribution is 5.99. The number of hydrogen-bond acceptors (Lipinski definition) is 4. The standard InChI is InChI=1S/C18H25NO4/c1-12-10-14(22-5)6-7-15(12)16(20)13-8-9-19(11-13)17(21)23-18(2,3)4/h6-7,10,13H,8-9,11H2,1-5H3/t13-/m0/s1. The number of hydrogen-bond donors (Lipinski definition) is 0. The molecular formula is C18H25NO4. The SMILES string of the molecule is COc1ccc(C(=O)[C@H]2CCN(C(=O)OC(C)(C)C)C2)c(C)c1. The van der Waals surface area contributed by atoms with Gasteiger partial charge in [-0.15, -0.1) is 0 Å². The fraction of sp³-hybridized carbons (Fsp3) is 0.556. The lowest BCUT2D eigenvalue weighted by molar-refractivity contribution is 0.0289. The van der Waals surface area contributed by atoms with Gasteiger partial charge in [-0.1, -0.05) is 0 Å². The molecule has 0 saturated carbocycles. The molecule has 0 aliphatic carbocycles. The minimum absolute atomic E-state index is 0.0798. The molecule has 126 valence electrons. The van der Waals surface area contributed by atoms with Crippen molar-refractivity contribution in [2.75, 3.05) is 20.2 Å². The fourth-order valence-corrected chi connectivity index (χ4v) is 2.73. The average molecular weight is 319 g/mol. The first-order valence-corrected chi connectivity index (χ1v) is 7.88. The quantitative estimate of drug-likeness (QED) is 0.801. The largest absolute Gasteiger partial charge is 0.497 e. The van der Waals surface area contributed by atoms with Gasteiger partial charge in [0.1, 0.15) is 11.4 Å². The summed E-state index contributed by atoms with van der Waals surface area (Å²) in [6.07, 6.45) is 0.322. The number of methoxy groups -OCH3 is 1. The highest BCUT2D eigenvalue weighted by Crippen LogP contribution is 2.26. The number of Topliss-reactive ketones (excluding diaryl/α,β-unsaturated/α-hetero) is 1. The van der Waals surface area contributed by atoms with Crippen molar-refractivity contribution < 1.29 is 19.1 Å². The third-order valence-corrected chi connectivity index (χ3v) is 3.91. The molecule has 1 aromatic carbocycles. The van der Waals surface area contributed by atoms with Gasteiger partial charge in [-0.05, 0) is 57.9 Å². The van der Waals surface area contributed by atoms with E-state index in [2.05, 4.69) is 0 Å². The number of benzene rings is 1. The summed E-state index contributed by atoms with van der Waals surface area (Å²) in [4.78, 5) is 26.4. The van der Waals surface area contributed by atoms with E-state index in [0.717, 1.165) is 11.3 Å². The van der Waals surface area contributed by atoms with Crippen LogP contribution in [0.15, 0.2) is 18.2 Å². The smallest absolute Gasteiger partial charge is 0.410 e. The molecular weight excluding hydrogens is 294 g/mol. The Kier molecular flexibility index (Phi) is 4.97. The molecule has 0 radical (unpaired) electrons. The van der Waals surface area contributed by atoms with Gasteiger partial charge in [0, 0.05) is 24.6 Å². The third-order valence-electron chi connectivity index (χ3n) is 3.91. The summed E-state index contributed by atoms with van der Waals surface area (Å²) in [6, 6.07) is 5.45. The van der Waals surface area contributed by atoms with Crippen molar-refractivity contribution in [3.05, 3.63) is 29.3 Å². The summed E-state index contributed by atoms with van der Waals surface area (Å²) in [6.45, 7) is 8.38. The number of ketones is 1. The van der Waals surface area contributed by atoms with E-state index >= 15 is 0 Å². The normalized spacial score (nSPS) is 18.0. The van der Waals surface area contributed by atoms with Crippen molar-refractivity contribution in [3.63, 3.8) is 0 Å². The molecule has 1 amide bonds. The van der Waals surface area contributed by atoms with Crippen LogP contribution in [0.25, 0.3) is 0 Å². The maximum Gasteiger partial charge on any atom is 0.410 e. The van der Waals surface area contributed by atoms with Gasteiger partial charge in [0.2, 0.25) is 0 Å². The van der Waals surface area contributed by atoms with Crippen molar-refractivity contribution in [1.29, 1.82) is 0 Å². The minimum Gasteiger partial charge on any atom is -0.497 e. The van der Waals surface area contributed by atoms with Crippen LogP contribution in [0.1, 0.15) is 43.1 Å². The predicted octanol–water partition coefficient (Wildman–Crippen LogP) is 3.44. The first-order chi connectivity index (χ1) is 10.7. The van der Waals surface area contributed by atoms with Gasteiger partial charge in [0.15, 0.2) is 5.78 Å². The summed E-state index contributed by atoms with van der Waals surface area (Å²) in [5.41, 5.74) is 1.07. The lowest BCUT2D eigenvalue weighted by Crippen LogP contribution is -2.35. The molecule has 0 N–H and O–H groups in total. The molecule has 0 aromatic heterocycles. The van der Waals surface area contributed by atoms with Gasteiger partial charge in [-0.25, -0.2) is 4.79 Å². The van der Waals surface area contributed by atoms with Crippen LogP contribution in [0.4, 0.5) is 4.79 Å². The van der Waals surface area contributed by atoms with E-state index in [-0.39, 0.29) is 17.8 Å². The molecule has 1 aliphatic rings. The second-order valence-electron chi connectivity index (χ2n) is 6.96. The monoisotopic (exact) mass is 319 g/mol. The average Bonchev–Trinajstić information content (AvgIpc) is 2.94. The van der Waals surface area contributed by atoms with Crippen LogP contribution in [0.2, 0.25) is 0 Å². The van der Waals surface area contributed by atoms with E-state index in [0.29, 0.717) is 25.1 Å². The van der Waals surface area contributed by atoms with Crippen molar-refractivity contribution >= 4 is 11.9 Å². The molecule has 1 aliphatic heterocycles. The van der Waals surface area contributed by atoms with E-state index < -0.39 is 5.60 Å². The molecule has 1 saturated heterocycles. The zero-order valence-electron chi connectivity index (χ0n) is 14.5. The van der Waals surface area contributed by atoms with Gasteiger partial charge < -0.3 is 14.4 Å². The number of amides is 1. The van der Waals surface area contributed by atoms with Crippen molar-refractivity contribution in [2.24, 2.45) is 5.92 Å². The van der Waals surface area contributed by atoms with Crippen LogP contribution in [0.5, 0.6) is 5.75 Å². The van der Waals surface area contributed by atoms with Gasteiger partial charge in [-0.2, -0.15) is 0 Å². The number of carbonyl (C=O) groups excluding carboxylic acids is 2.